The minimum Gasteiger partial charge on any atom is -0.478 e. The van der Waals surface area contributed by atoms with Gasteiger partial charge >= 0.3 is 5.97 Å². The van der Waals surface area contributed by atoms with E-state index in [0.717, 1.165) is 25.8 Å². The second kappa shape index (κ2) is 6.85. The van der Waals surface area contributed by atoms with E-state index in [1.165, 1.54) is 0 Å². The Balaban J connectivity index is 3.40. The summed E-state index contributed by atoms with van der Waals surface area (Å²) < 4.78 is 0. The molecule has 0 unspecified atom stereocenters. The van der Waals surface area contributed by atoms with Crippen LogP contribution in [0.4, 0.5) is 0 Å². The lowest BCUT2D eigenvalue weighted by molar-refractivity contribution is -0.132. The number of carbonyl (C=O) groups is 1. The fourth-order valence-corrected chi connectivity index (χ4v) is 0.852. The molecule has 0 aliphatic rings. The molecule has 0 fully saturated rings. The van der Waals surface area contributed by atoms with Gasteiger partial charge in [-0.05, 0) is 39.8 Å². The van der Waals surface area contributed by atoms with E-state index in [2.05, 4.69) is 5.32 Å². The summed E-state index contributed by atoms with van der Waals surface area (Å²) in [5.41, 5.74) is 0.444. The summed E-state index contributed by atoms with van der Waals surface area (Å²) in [4.78, 5) is 10.3. The van der Waals surface area contributed by atoms with Crippen molar-refractivity contribution in [2.24, 2.45) is 0 Å². The largest absolute Gasteiger partial charge is 0.478 e. The number of hydrogen-bond donors (Lipinski definition) is 2. The van der Waals surface area contributed by atoms with Crippen LogP contribution in [0, 0.1) is 0 Å². The lowest BCUT2D eigenvalue weighted by Gasteiger charge is -1.96. The molecule has 0 amide bonds. The van der Waals surface area contributed by atoms with Gasteiger partial charge in [0.2, 0.25) is 0 Å². The Bertz CT molecular complexity index is 164. The van der Waals surface area contributed by atoms with Crippen LogP contribution in [-0.4, -0.2) is 24.7 Å². The van der Waals surface area contributed by atoms with Crippen molar-refractivity contribution in [3.8, 4) is 0 Å². The van der Waals surface area contributed by atoms with Crippen molar-refractivity contribution in [1.29, 1.82) is 0 Å². The van der Waals surface area contributed by atoms with Crippen LogP contribution in [0.25, 0.3) is 0 Å². The van der Waals surface area contributed by atoms with Crippen LogP contribution >= 0.6 is 0 Å². The molecule has 0 heterocycles. The maximum atomic E-state index is 10.3. The highest BCUT2D eigenvalue weighted by Gasteiger charge is 1.97. The summed E-state index contributed by atoms with van der Waals surface area (Å²) in [5.74, 6) is -0.816. The molecule has 12 heavy (non-hydrogen) atoms. The third kappa shape index (κ3) is 5.92. The zero-order chi connectivity index (χ0) is 9.40. The third-order valence-electron chi connectivity index (χ3n) is 1.67. The zero-order valence-corrected chi connectivity index (χ0v) is 7.76. The van der Waals surface area contributed by atoms with Gasteiger partial charge in [-0.2, -0.15) is 0 Å². The Morgan fingerprint density at radius 1 is 1.50 bits per heavy atom. The minimum absolute atomic E-state index is 0.444. The van der Waals surface area contributed by atoms with E-state index in [4.69, 9.17) is 5.11 Å². The predicted molar refractivity (Wildman–Crippen MR) is 49.2 cm³/mol. The molecule has 0 aromatic rings. The van der Waals surface area contributed by atoms with Crippen molar-refractivity contribution in [2.75, 3.05) is 13.6 Å². The molecule has 0 saturated heterocycles. The quantitative estimate of drug-likeness (QED) is 0.469. The third-order valence-corrected chi connectivity index (χ3v) is 1.67. The van der Waals surface area contributed by atoms with Crippen LogP contribution in [0.1, 0.15) is 26.2 Å². The standard InChI is InChI=1S/C9H17NO2/c1-8(9(11)12)6-4-3-5-7-10-2/h6,10H,3-5,7H2,1-2H3,(H,11,12). The lowest BCUT2D eigenvalue weighted by atomic mass is 10.2. The van der Waals surface area contributed by atoms with Gasteiger partial charge in [0.25, 0.3) is 0 Å². The van der Waals surface area contributed by atoms with E-state index in [1.54, 1.807) is 13.0 Å². The number of carboxylic acid groups (broad SMARTS) is 1. The average Bonchev–Trinajstić information content (AvgIpc) is 2.03. The molecule has 0 rings (SSSR count). The molecule has 0 aliphatic heterocycles. The summed E-state index contributed by atoms with van der Waals surface area (Å²) in [6.45, 7) is 2.63. The first-order valence-electron chi connectivity index (χ1n) is 4.23. The number of nitrogens with one attached hydrogen (secondary N) is 1. The monoisotopic (exact) mass is 171 g/mol. The molecule has 0 atom stereocenters. The van der Waals surface area contributed by atoms with Gasteiger partial charge in [-0.3, -0.25) is 0 Å². The summed E-state index contributed by atoms with van der Waals surface area (Å²) in [5, 5.41) is 11.5. The molecule has 2 N–H and O–H groups in total. The van der Waals surface area contributed by atoms with Gasteiger partial charge in [0.1, 0.15) is 0 Å². The highest BCUT2D eigenvalue weighted by atomic mass is 16.4. The molecular weight excluding hydrogens is 154 g/mol. The van der Waals surface area contributed by atoms with Crippen molar-refractivity contribution in [2.45, 2.75) is 26.2 Å². The molecule has 0 spiro atoms. The normalized spacial score (nSPS) is 11.7. The van der Waals surface area contributed by atoms with Crippen molar-refractivity contribution in [3.05, 3.63) is 11.6 Å². The van der Waals surface area contributed by atoms with Gasteiger partial charge in [-0.15, -0.1) is 0 Å². The fourth-order valence-electron chi connectivity index (χ4n) is 0.852. The predicted octanol–water partition coefficient (Wildman–Crippen LogP) is 1.41. The van der Waals surface area contributed by atoms with Crippen LogP contribution in [0.15, 0.2) is 11.6 Å². The highest BCUT2D eigenvalue weighted by molar-refractivity contribution is 5.85. The molecule has 3 heteroatoms. The molecule has 3 nitrogen and oxygen atoms in total. The van der Waals surface area contributed by atoms with Crippen molar-refractivity contribution in [3.63, 3.8) is 0 Å². The maximum Gasteiger partial charge on any atom is 0.330 e. The lowest BCUT2D eigenvalue weighted by Crippen LogP contribution is -2.06. The average molecular weight is 171 g/mol. The molecule has 70 valence electrons. The Kier molecular flexibility index (Phi) is 6.38. The van der Waals surface area contributed by atoms with Crippen LogP contribution in [0.5, 0.6) is 0 Å². The van der Waals surface area contributed by atoms with E-state index in [1.807, 2.05) is 7.05 Å². The fraction of sp³-hybridized carbons (Fsp3) is 0.667. The Morgan fingerprint density at radius 3 is 2.67 bits per heavy atom. The van der Waals surface area contributed by atoms with E-state index in [-0.39, 0.29) is 0 Å². The molecule has 0 aliphatic carbocycles. The van der Waals surface area contributed by atoms with E-state index >= 15 is 0 Å². The van der Waals surface area contributed by atoms with Gasteiger partial charge in [0.05, 0.1) is 0 Å². The van der Waals surface area contributed by atoms with Crippen molar-refractivity contribution in [1.82, 2.24) is 5.32 Å². The number of carboxylic acids is 1. The molecule has 0 radical (unpaired) electrons. The topological polar surface area (TPSA) is 49.3 Å². The number of allylic oxidation sites excluding steroid dienone is 1. The first-order valence-corrected chi connectivity index (χ1v) is 4.23. The van der Waals surface area contributed by atoms with Crippen LogP contribution in [0.2, 0.25) is 0 Å². The molecular formula is C9H17NO2. The Hall–Kier alpha value is -0.830. The van der Waals surface area contributed by atoms with Gasteiger partial charge in [-0.25, -0.2) is 4.79 Å². The minimum atomic E-state index is -0.816. The van der Waals surface area contributed by atoms with E-state index in [9.17, 15) is 4.79 Å². The van der Waals surface area contributed by atoms with Gasteiger partial charge in [0.15, 0.2) is 0 Å². The summed E-state index contributed by atoms with van der Waals surface area (Å²) in [6, 6.07) is 0. The maximum absolute atomic E-state index is 10.3. The van der Waals surface area contributed by atoms with Crippen LogP contribution < -0.4 is 5.32 Å². The summed E-state index contributed by atoms with van der Waals surface area (Å²) in [7, 11) is 1.92. The molecule has 0 bridgehead atoms. The van der Waals surface area contributed by atoms with Gasteiger partial charge in [0, 0.05) is 5.57 Å². The summed E-state index contributed by atoms with van der Waals surface area (Å²) >= 11 is 0. The number of rotatable bonds is 6. The van der Waals surface area contributed by atoms with E-state index in [0.29, 0.717) is 5.57 Å². The Morgan fingerprint density at radius 2 is 2.17 bits per heavy atom. The molecule has 0 aromatic carbocycles. The second-order valence-corrected chi connectivity index (χ2v) is 2.79. The number of aliphatic carboxylic acids is 1. The smallest absolute Gasteiger partial charge is 0.330 e. The number of hydrogen-bond acceptors (Lipinski definition) is 2. The summed E-state index contributed by atoms with van der Waals surface area (Å²) in [6.07, 6.45) is 4.78. The number of unbranched alkanes of at least 4 members (excludes halogenated alkanes) is 2. The van der Waals surface area contributed by atoms with Gasteiger partial charge in [-0.1, -0.05) is 6.08 Å². The SMILES string of the molecule is CNCCCCC=C(C)C(=O)O. The molecule has 0 saturated carbocycles. The van der Waals surface area contributed by atoms with Gasteiger partial charge < -0.3 is 10.4 Å². The van der Waals surface area contributed by atoms with Crippen LogP contribution in [0.3, 0.4) is 0 Å². The highest BCUT2D eigenvalue weighted by Crippen LogP contribution is 2.00. The van der Waals surface area contributed by atoms with Crippen molar-refractivity contribution < 1.29 is 9.90 Å². The van der Waals surface area contributed by atoms with Crippen LogP contribution in [-0.2, 0) is 4.79 Å². The molecule has 0 aromatic heterocycles. The van der Waals surface area contributed by atoms with E-state index < -0.39 is 5.97 Å². The zero-order valence-electron chi connectivity index (χ0n) is 7.76. The first kappa shape index (κ1) is 11.2. The first-order chi connectivity index (χ1) is 5.68. The van der Waals surface area contributed by atoms with Crippen molar-refractivity contribution >= 4 is 5.97 Å². The Labute approximate surface area is 73.5 Å². The second-order valence-electron chi connectivity index (χ2n) is 2.79.